The topological polar surface area (TPSA) is 78.5 Å². The zero-order valence-corrected chi connectivity index (χ0v) is 14.8. The number of hydrogen-bond acceptors (Lipinski definition) is 3. The van der Waals surface area contributed by atoms with Crippen LogP contribution in [0.3, 0.4) is 0 Å². The summed E-state index contributed by atoms with van der Waals surface area (Å²) in [6.45, 7) is 1.13. The Morgan fingerprint density at radius 3 is 2.50 bits per heavy atom. The zero-order chi connectivity index (χ0) is 17.6. The number of benzene rings is 1. The molecule has 1 unspecified atom stereocenters. The highest BCUT2D eigenvalue weighted by Gasteiger charge is 2.56. The van der Waals surface area contributed by atoms with Gasteiger partial charge in [0.2, 0.25) is 5.91 Å². The van der Waals surface area contributed by atoms with E-state index in [0.717, 1.165) is 29.9 Å². The van der Waals surface area contributed by atoms with Crippen LogP contribution in [0, 0.1) is 21.1 Å². The molecule has 128 valence electrons. The molecule has 1 saturated heterocycles. The third-order valence-electron chi connectivity index (χ3n) is 4.26. The number of nitrogens with zero attached hydrogens (tertiary/aromatic N) is 1. The summed E-state index contributed by atoms with van der Waals surface area (Å²) in [5, 5.41) is 4.92. The minimum Gasteiger partial charge on any atom is -0.324 e. The first kappa shape index (κ1) is 17.1. The van der Waals surface area contributed by atoms with Crippen molar-refractivity contribution in [1.82, 2.24) is 10.2 Å². The maximum absolute atomic E-state index is 13.5. The monoisotopic (exact) mass is 449 g/mol. The first-order chi connectivity index (χ1) is 11.2. The van der Waals surface area contributed by atoms with Crippen LogP contribution in [0.15, 0.2) is 12.1 Å². The van der Waals surface area contributed by atoms with Crippen molar-refractivity contribution in [3.63, 3.8) is 0 Å². The second-order valence-electron chi connectivity index (χ2n) is 6.10. The molecule has 1 aliphatic carbocycles. The van der Waals surface area contributed by atoms with Gasteiger partial charge in [0.1, 0.15) is 23.7 Å². The molecule has 0 bridgehead atoms. The molecule has 24 heavy (non-hydrogen) atoms. The van der Waals surface area contributed by atoms with E-state index in [1.807, 2.05) is 0 Å². The number of imide groups is 1. The van der Waals surface area contributed by atoms with E-state index in [0.29, 0.717) is 0 Å². The Balaban J connectivity index is 1.69. The summed E-state index contributed by atoms with van der Waals surface area (Å²) in [6, 6.07) is 1.32. The van der Waals surface area contributed by atoms with Gasteiger partial charge in [0.05, 0.1) is 3.57 Å². The van der Waals surface area contributed by atoms with Gasteiger partial charge < -0.3 is 10.6 Å². The highest BCUT2D eigenvalue weighted by molar-refractivity contribution is 14.1. The van der Waals surface area contributed by atoms with Crippen molar-refractivity contribution >= 4 is 46.1 Å². The van der Waals surface area contributed by atoms with Gasteiger partial charge >= 0.3 is 6.03 Å². The number of carbonyl (C=O) groups is 3. The minimum atomic E-state index is -0.974. The number of carbonyl (C=O) groups excluding carboxylic acids is 3. The normalized spacial score (nSPS) is 23.4. The number of amides is 4. The van der Waals surface area contributed by atoms with E-state index in [1.165, 1.54) is 22.6 Å². The highest BCUT2D eigenvalue weighted by atomic mass is 127. The fourth-order valence-corrected chi connectivity index (χ4v) is 3.08. The quantitative estimate of drug-likeness (QED) is 0.421. The summed E-state index contributed by atoms with van der Waals surface area (Å²) in [4.78, 5) is 37.2. The lowest BCUT2D eigenvalue weighted by atomic mass is 9.96. The lowest BCUT2D eigenvalue weighted by molar-refractivity contribution is -0.134. The van der Waals surface area contributed by atoms with Crippen molar-refractivity contribution in [3.05, 3.63) is 27.3 Å². The van der Waals surface area contributed by atoms with Crippen molar-refractivity contribution in [1.29, 1.82) is 0 Å². The summed E-state index contributed by atoms with van der Waals surface area (Å²) in [5.74, 6) is -2.69. The average molecular weight is 449 g/mol. The fraction of sp³-hybridized carbons (Fsp3) is 0.400. The third-order valence-corrected chi connectivity index (χ3v) is 5.29. The molecule has 0 spiro atoms. The van der Waals surface area contributed by atoms with E-state index in [4.69, 9.17) is 0 Å². The lowest BCUT2D eigenvalue weighted by Gasteiger charge is -2.20. The van der Waals surface area contributed by atoms with Crippen LogP contribution in [0.25, 0.3) is 0 Å². The van der Waals surface area contributed by atoms with Crippen LogP contribution in [0.5, 0.6) is 0 Å². The number of nitrogens with one attached hydrogen (secondary N) is 2. The van der Waals surface area contributed by atoms with Crippen LogP contribution in [0.4, 0.5) is 19.3 Å². The second-order valence-corrected chi connectivity index (χ2v) is 7.18. The van der Waals surface area contributed by atoms with Gasteiger partial charge in [-0.2, -0.15) is 0 Å². The van der Waals surface area contributed by atoms with Crippen molar-refractivity contribution in [3.8, 4) is 0 Å². The Morgan fingerprint density at radius 2 is 1.96 bits per heavy atom. The fourth-order valence-electron chi connectivity index (χ4n) is 2.77. The van der Waals surface area contributed by atoms with E-state index in [1.54, 1.807) is 6.92 Å². The van der Waals surface area contributed by atoms with Crippen LogP contribution in [-0.4, -0.2) is 34.8 Å². The molecule has 1 aromatic carbocycles. The van der Waals surface area contributed by atoms with Gasteiger partial charge in [0.15, 0.2) is 0 Å². The van der Waals surface area contributed by atoms with Crippen molar-refractivity contribution in [2.45, 2.75) is 25.3 Å². The average Bonchev–Trinajstić information content (AvgIpc) is 3.31. The number of rotatable bonds is 4. The van der Waals surface area contributed by atoms with E-state index in [-0.39, 0.29) is 15.2 Å². The van der Waals surface area contributed by atoms with E-state index in [9.17, 15) is 23.2 Å². The molecule has 1 aromatic rings. The van der Waals surface area contributed by atoms with Crippen LogP contribution in [-0.2, 0) is 9.59 Å². The lowest BCUT2D eigenvalue weighted by Crippen LogP contribution is -2.46. The van der Waals surface area contributed by atoms with Crippen molar-refractivity contribution in [2.24, 2.45) is 5.92 Å². The molecule has 1 saturated carbocycles. The summed E-state index contributed by atoms with van der Waals surface area (Å²) in [7, 11) is 0. The van der Waals surface area contributed by atoms with E-state index >= 15 is 0 Å². The number of urea groups is 1. The summed E-state index contributed by atoms with van der Waals surface area (Å²) >= 11 is 1.51. The molecule has 0 aromatic heterocycles. The molecule has 0 radical (unpaired) electrons. The molecular weight excluding hydrogens is 435 g/mol. The molecule has 6 nitrogen and oxygen atoms in total. The summed E-state index contributed by atoms with van der Waals surface area (Å²) in [6.07, 6.45) is 1.70. The Morgan fingerprint density at radius 1 is 1.38 bits per heavy atom. The van der Waals surface area contributed by atoms with E-state index < -0.39 is 41.6 Å². The number of hydrogen-bond donors (Lipinski definition) is 2. The predicted octanol–water partition coefficient (Wildman–Crippen LogP) is 2.23. The zero-order valence-electron chi connectivity index (χ0n) is 12.7. The van der Waals surface area contributed by atoms with Gasteiger partial charge in [-0.3, -0.25) is 14.5 Å². The molecule has 3 rings (SSSR count). The maximum Gasteiger partial charge on any atom is 0.325 e. The largest absolute Gasteiger partial charge is 0.325 e. The summed E-state index contributed by atoms with van der Waals surface area (Å²) in [5.41, 5.74) is -1.05. The Bertz CT molecular complexity index is 730. The smallest absolute Gasteiger partial charge is 0.324 e. The van der Waals surface area contributed by atoms with Gasteiger partial charge in [-0.25, -0.2) is 13.6 Å². The summed E-state index contributed by atoms with van der Waals surface area (Å²) < 4.78 is 26.8. The minimum absolute atomic E-state index is 0.0765. The van der Waals surface area contributed by atoms with Gasteiger partial charge in [0.25, 0.3) is 5.91 Å². The second kappa shape index (κ2) is 5.94. The van der Waals surface area contributed by atoms with Gasteiger partial charge in [-0.05, 0) is 60.4 Å². The van der Waals surface area contributed by atoms with E-state index in [2.05, 4.69) is 10.6 Å². The number of anilines is 1. The molecule has 1 heterocycles. The molecule has 1 aliphatic heterocycles. The Kier molecular flexibility index (Phi) is 4.22. The SMILES string of the molecule is CC1(C2CC2)NC(=O)N(CC(=O)Nc2cc(F)c(I)c(F)c2)C1=O. The number of halogens is 3. The Hall–Kier alpha value is -1.78. The van der Waals surface area contributed by atoms with Crippen LogP contribution < -0.4 is 10.6 Å². The van der Waals surface area contributed by atoms with Crippen molar-refractivity contribution < 1.29 is 23.2 Å². The maximum atomic E-state index is 13.5. The van der Waals surface area contributed by atoms with Crippen LogP contribution >= 0.6 is 22.6 Å². The van der Waals surface area contributed by atoms with Gasteiger partial charge in [0, 0.05) is 5.69 Å². The molecule has 1 atom stereocenters. The van der Waals surface area contributed by atoms with Crippen LogP contribution in [0.2, 0.25) is 0 Å². The molecular formula is C15H14F2IN3O3. The highest BCUT2D eigenvalue weighted by Crippen LogP contribution is 2.42. The van der Waals surface area contributed by atoms with Crippen molar-refractivity contribution in [2.75, 3.05) is 11.9 Å². The van der Waals surface area contributed by atoms with Gasteiger partial charge in [-0.15, -0.1) is 0 Å². The molecule has 2 aliphatic rings. The predicted molar refractivity (Wildman–Crippen MR) is 89.1 cm³/mol. The van der Waals surface area contributed by atoms with Crippen LogP contribution in [0.1, 0.15) is 19.8 Å². The molecule has 2 fully saturated rings. The Labute approximate surface area is 150 Å². The molecule has 2 N–H and O–H groups in total. The first-order valence-electron chi connectivity index (χ1n) is 7.31. The molecule has 9 heteroatoms. The molecule has 4 amide bonds. The standard InChI is InChI=1S/C15H14F2IN3O3/c1-15(7-2-3-7)13(23)21(14(24)20-15)6-11(22)19-8-4-9(16)12(18)10(17)5-8/h4-5,7H,2-3,6H2,1H3,(H,19,22)(H,20,24). The van der Waals surface area contributed by atoms with Gasteiger partial charge in [-0.1, -0.05) is 0 Å². The first-order valence-corrected chi connectivity index (χ1v) is 8.38. The third kappa shape index (κ3) is 2.96.